The zero-order valence-electron chi connectivity index (χ0n) is 15.0. The van der Waals surface area contributed by atoms with Crippen LogP contribution in [0.15, 0.2) is 48.5 Å². The third-order valence-electron chi connectivity index (χ3n) is 4.15. The zero-order valence-corrected chi connectivity index (χ0v) is 15.8. The Bertz CT molecular complexity index is 881. The summed E-state index contributed by atoms with van der Waals surface area (Å²) in [6, 6.07) is 14.7. The van der Waals surface area contributed by atoms with Gasteiger partial charge in [-0.1, -0.05) is 30.3 Å². The minimum atomic E-state index is -3.46. The van der Waals surface area contributed by atoms with Crippen molar-refractivity contribution in [2.75, 3.05) is 30.0 Å². The van der Waals surface area contributed by atoms with Gasteiger partial charge in [-0.05, 0) is 30.5 Å². The van der Waals surface area contributed by atoms with Crippen molar-refractivity contribution in [1.82, 2.24) is 0 Å². The lowest BCUT2D eigenvalue weighted by Crippen LogP contribution is -2.25. The number of nitrogens with one attached hydrogen (secondary N) is 1. The van der Waals surface area contributed by atoms with Gasteiger partial charge in [0.25, 0.3) is 0 Å². The van der Waals surface area contributed by atoms with Crippen LogP contribution in [0.2, 0.25) is 0 Å². The highest BCUT2D eigenvalue weighted by Crippen LogP contribution is 2.32. The molecule has 27 heavy (non-hydrogen) atoms. The molecule has 1 aliphatic heterocycles. The number of amides is 1. The second-order valence-corrected chi connectivity index (χ2v) is 8.63. The first-order chi connectivity index (χ1) is 13.0. The second kappa shape index (κ2) is 8.90. The highest BCUT2D eigenvalue weighted by atomic mass is 32.2. The monoisotopic (exact) mass is 389 g/mol. The van der Waals surface area contributed by atoms with Gasteiger partial charge in [-0.3, -0.25) is 4.79 Å². The highest BCUT2D eigenvalue weighted by molar-refractivity contribution is 7.92. The number of aryl methyl sites for hydroxylation is 1. The topological polar surface area (TPSA) is 81.7 Å². The Hall–Kier alpha value is -2.54. The number of carbonyl (C=O) groups is 1. The molecule has 2 aromatic carbocycles. The van der Waals surface area contributed by atoms with Gasteiger partial charge in [-0.15, -0.1) is 0 Å². The van der Waals surface area contributed by atoms with E-state index in [1.165, 1.54) is 0 Å². The Labute approximate surface area is 159 Å². The van der Waals surface area contributed by atoms with Crippen molar-refractivity contribution in [2.24, 2.45) is 0 Å². The van der Waals surface area contributed by atoms with Crippen LogP contribution in [0.1, 0.15) is 18.4 Å². The average molecular weight is 389 g/mol. The summed E-state index contributed by atoms with van der Waals surface area (Å²) in [4.78, 5) is 12.1. The maximum atomic E-state index is 12.2. The summed E-state index contributed by atoms with van der Waals surface area (Å²) in [7, 11) is -3.46. The summed E-state index contributed by atoms with van der Waals surface area (Å²) in [5.74, 6) is 0.0754. The van der Waals surface area contributed by atoms with Gasteiger partial charge in [-0.25, -0.2) is 8.42 Å². The van der Waals surface area contributed by atoms with E-state index in [-0.39, 0.29) is 5.75 Å². The highest BCUT2D eigenvalue weighted by Gasteiger charge is 2.18. The number of hydrogen-bond donors (Lipinski definition) is 1. The van der Waals surface area contributed by atoms with Gasteiger partial charge >= 0.3 is 0 Å². The van der Waals surface area contributed by atoms with E-state index in [1.54, 1.807) is 18.2 Å². The molecule has 0 bridgehead atoms. The molecule has 0 unspecified atom stereocenters. The molecule has 1 aliphatic rings. The van der Waals surface area contributed by atoms with E-state index < -0.39 is 21.5 Å². The van der Waals surface area contributed by atoms with Gasteiger partial charge in [0.05, 0.1) is 19.0 Å². The van der Waals surface area contributed by atoms with E-state index in [9.17, 15) is 13.2 Å². The molecule has 0 radical (unpaired) electrons. The predicted molar refractivity (Wildman–Crippen MR) is 104 cm³/mol. The van der Waals surface area contributed by atoms with Crippen molar-refractivity contribution in [3.63, 3.8) is 0 Å². The maximum Gasteiger partial charge on any atom is 0.239 e. The number of anilines is 1. The molecule has 1 N–H and O–H groups in total. The third kappa shape index (κ3) is 5.99. The van der Waals surface area contributed by atoms with Crippen LogP contribution in [-0.4, -0.2) is 39.0 Å². The molecule has 3 rings (SSSR count). The molecule has 0 saturated carbocycles. The summed E-state index contributed by atoms with van der Waals surface area (Å²) in [5.41, 5.74) is 1.58. The summed E-state index contributed by atoms with van der Waals surface area (Å²) in [6.45, 7) is 1.13. The quantitative estimate of drug-likeness (QED) is 0.787. The van der Waals surface area contributed by atoms with Crippen molar-refractivity contribution in [2.45, 2.75) is 19.3 Å². The second-order valence-electron chi connectivity index (χ2n) is 6.44. The van der Waals surface area contributed by atoms with Crippen LogP contribution in [0.3, 0.4) is 0 Å². The molecule has 144 valence electrons. The fraction of sp³-hybridized carbons (Fsp3) is 0.350. The Morgan fingerprint density at radius 2 is 1.74 bits per heavy atom. The van der Waals surface area contributed by atoms with E-state index >= 15 is 0 Å². The summed E-state index contributed by atoms with van der Waals surface area (Å²) in [6.07, 6.45) is 1.95. The number of fused-ring (bicyclic) bond motifs is 1. The lowest BCUT2D eigenvalue weighted by atomic mass is 10.1. The third-order valence-corrected chi connectivity index (χ3v) is 5.76. The molecule has 1 amide bonds. The molecule has 6 nitrogen and oxygen atoms in total. The van der Waals surface area contributed by atoms with Crippen LogP contribution in [0.25, 0.3) is 0 Å². The van der Waals surface area contributed by atoms with E-state index in [0.29, 0.717) is 43.2 Å². The maximum absolute atomic E-state index is 12.2. The number of carbonyl (C=O) groups excluding carboxylic acids is 1. The van der Waals surface area contributed by atoms with E-state index in [2.05, 4.69) is 5.32 Å². The van der Waals surface area contributed by atoms with Crippen molar-refractivity contribution < 1.29 is 22.7 Å². The molecule has 0 aliphatic carbocycles. The van der Waals surface area contributed by atoms with Crippen molar-refractivity contribution in [1.29, 1.82) is 0 Å². The average Bonchev–Trinajstić information content (AvgIpc) is 2.87. The Kier molecular flexibility index (Phi) is 6.34. The van der Waals surface area contributed by atoms with E-state index in [1.807, 2.05) is 30.3 Å². The van der Waals surface area contributed by atoms with E-state index in [0.717, 1.165) is 12.0 Å². The smallest absolute Gasteiger partial charge is 0.239 e. The number of hydrogen-bond acceptors (Lipinski definition) is 5. The first-order valence-corrected chi connectivity index (χ1v) is 10.8. The first kappa shape index (κ1) is 19.2. The lowest BCUT2D eigenvalue weighted by Gasteiger charge is -2.10. The molecule has 0 spiro atoms. The molecular weight excluding hydrogens is 366 g/mol. The minimum Gasteiger partial charge on any atom is -0.490 e. The van der Waals surface area contributed by atoms with Gasteiger partial charge < -0.3 is 14.8 Å². The lowest BCUT2D eigenvalue weighted by molar-refractivity contribution is -0.113. The van der Waals surface area contributed by atoms with Crippen LogP contribution in [0.4, 0.5) is 5.69 Å². The number of rotatable bonds is 7. The summed E-state index contributed by atoms with van der Waals surface area (Å²) in [5, 5.41) is 2.62. The first-order valence-electron chi connectivity index (χ1n) is 8.96. The van der Waals surface area contributed by atoms with Crippen LogP contribution in [-0.2, 0) is 21.1 Å². The fourth-order valence-corrected chi connectivity index (χ4v) is 4.05. The van der Waals surface area contributed by atoms with Crippen LogP contribution >= 0.6 is 0 Å². The molecule has 0 atom stereocenters. The molecule has 1 heterocycles. The van der Waals surface area contributed by atoms with Gasteiger partial charge in [0.2, 0.25) is 5.91 Å². The Morgan fingerprint density at radius 1 is 1.00 bits per heavy atom. The van der Waals surface area contributed by atoms with Gasteiger partial charge in [0.15, 0.2) is 21.3 Å². The van der Waals surface area contributed by atoms with Gasteiger partial charge in [0, 0.05) is 18.2 Å². The molecule has 2 aromatic rings. The Balaban J connectivity index is 1.51. The van der Waals surface area contributed by atoms with Crippen molar-refractivity contribution >= 4 is 21.4 Å². The molecule has 0 aromatic heterocycles. The normalized spacial score (nSPS) is 13.6. The van der Waals surface area contributed by atoms with E-state index in [4.69, 9.17) is 9.47 Å². The number of ether oxygens (including phenoxy) is 2. The summed E-state index contributed by atoms with van der Waals surface area (Å²) < 4.78 is 35.5. The zero-order chi connectivity index (χ0) is 19.1. The van der Waals surface area contributed by atoms with Crippen LogP contribution in [0.5, 0.6) is 11.5 Å². The van der Waals surface area contributed by atoms with Gasteiger partial charge in [0.1, 0.15) is 5.75 Å². The Morgan fingerprint density at radius 3 is 2.52 bits per heavy atom. The fourth-order valence-electron chi connectivity index (χ4n) is 2.85. The van der Waals surface area contributed by atoms with Crippen LogP contribution in [0, 0.1) is 0 Å². The largest absolute Gasteiger partial charge is 0.490 e. The number of sulfone groups is 1. The molecule has 7 heteroatoms. The van der Waals surface area contributed by atoms with Gasteiger partial charge in [-0.2, -0.15) is 0 Å². The number of benzene rings is 2. The standard InChI is InChI=1S/C20H23NO5S/c22-20(15-27(23,24)13-4-8-16-6-2-1-3-7-16)21-17-9-10-18-19(14-17)26-12-5-11-25-18/h1-3,6-7,9-10,14H,4-5,8,11-13,15H2,(H,21,22). The SMILES string of the molecule is O=C(CS(=O)(=O)CCCc1ccccc1)Nc1ccc2c(c1)OCCCO2. The molecule has 0 saturated heterocycles. The van der Waals surface area contributed by atoms with Crippen molar-refractivity contribution in [3.05, 3.63) is 54.1 Å². The van der Waals surface area contributed by atoms with Crippen molar-refractivity contribution in [3.8, 4) is 11.5 Å². The molecule has 0 fully saturated rings. The predicted octanol–water partition coefficient (Wildman–Crippen LogP) is 2.83. The van der Waals surface area contributed by atoms with Crippen LogP contribution < -0.4 is 14.8 Å². The molecular formula is C20H23NO5S. The minimum absolute atomic E-state index is 0.0174. The summed E-state index contributed by atoms with van der Waals surface area (Å²) >= 11 is 0.